The third-order valence-corrected chi connectivity index (χ3v) is 7.66. The molecule has 5 aromatic rings. The van der Waals surface area contributed by atoms with Crippen LogP contribution < -0.4 is 0 Å². The Bertz CT molecular complexity index is 1700. The minimum atomic E-state index is -0.0992. The van der Waals surface area contributed by atoms with Gasteiger partial charge in [-0.3, -0.25) is 9.59 Å². The summed E-state index contributed by atoms with van der Waals surface area (Å²) in [5.74, 6) is -0.193. The molecular weight excluding hydrogens is 454 g/mol. The van der Waals surface area contributed by atoms with Crippen molar-refractivity contribution in [2.75, 3.05) is 0 Å². The minimum absolute atomic E-state index is 0.0240. The van der Waals surface area contributed by atoms with Gasteiger partial charge in [0.15, 0.2) is 11.6 Å². The smallest absolute Gasteiger partial charge is 0.194 e. The van der Waals surface area contributed by atoms with E-state index in [-0.39, 0.29) is 22.4 Å². The lowest BCUT2D eigenvalue weighted by molar-refractivity contribution is 0.0979. The zero-order valence-corrected chi connectivity index (χ0v) is 22.3. The molecule has 0 fully saturated rings. The number of carbonyl (C=O) groups excluding carboxylic acids is 2. The van der Waals surface area contributed by atoms with Crippen LogP contribution in [-0.2, 0) is 10.8 Å². The van der Waals surface area contributed by atoms with Gasteiger partial charge in [0.25, 0.3) is 0 Å². The highest BCUT2D eigenvalue weighted by Crippen LogP contribution is 2.38. The Kier molecular flexibility index (Phi) is 4.91. The Morgan fingerprint density at radius 1 is 0.514 bits per heavy atom. The zero-order valence-electron chi connectivity index (χ0n) is 22.3. The van der Waals surface area contributed by atoms with E-state index in [0.717, 1.165) is 16.7 Å². The Balaban J connectivity index is 1.64. The van der Waals surface area contributed by atoms with E-state index in [9.17, 15) is 9.59 Å². The minimum Gasteiger partial charge on any atom is -0.309 e. The van der Waals surface area contributed by atoms with Crippen LogP contribution in [0.25, 0.3) is 27.5 Å². The zero-order chi connectivity index (χ0) is 26.3. The average molecular weight is 486 g/mol. The van der Waals surface area contributed by atoms with E-state index in [1.807, 2.05) is 24.3 Å². The number of carbonyl (C=O) groups is 2. The van der Waals surface area contributed by atoms with Gasteiger partial charge in [0.05, 0.1) is 11.0 Å². The topological polar surface area (TPSA) is 39.1 Å². The average Bonchev–Trinajstić information content (AvgIpc) is 3.19. The van der Waals surface area contributed by atoms with Gasteiger partial charge in [0, 0.05) is 38.7 Å². The maximum Gasteiger partial charge on any atom is 0.194 e. The van der Waals surface area contributed by atoms with Crippen LogP contribution in [0, 0.1) is 0 Å². The number of nitrogens with zero attached hydrogens (tertiary/aromatic N) is 1. The molecule has 0 radical (unpaired) electrons. The van der Waals surface area contributed by atoms with Gasteiger partial charge in [0.1, 0.15) is 0 Å². The lowest BCUT2D eigenvalue weighted by atomic mass is 9.84. The van der Waals surface area contributed by atoms with E-state index in [2.05, 4.69) is 82.5 Å². The number of ketones is 2. The Hall–Kier alpha value is -3.98. The van der Waals surface area contributed by atoms with Crippen LogP contribution in [0.4, 0.5) is 0 Å². The third kappa shape index (κ3) is 3.56. The van der Waals surface area contributed by atoms with Crippen molar-refractivity contribution in [3.8, 4) is 5.69 Å². The lowest BCUT2D eigenvalue weighted by Crippen LogP contribution is -2.21. The van der Waals surface area contributed by atoms with Gasteiger partial charge in [-0.05, 0) is 64.4 Å². The SMILES string of the molecule is CC(C)(C)c1ccc2c(c1)c1cc(C(C)(C)C)ccc1n2-c1ccc2c(c1)C(=O)c1ccccc1C2=O. The number of fused-ring (bicyclic) bond motifs is 5. The highest BCUT2D eigenvalue weighted by molar-refractivity contribution is 6.28. The summed E-state index contributed by atoms with van der Waals surface area (Å²) in [5, 5.41) is 2.39. The summed E-state index contributed by atoms with van der Waals surface area (Å²) in [7, 11) is 0. The summed E-state index contributed by atoms with van der Waals surface area (Å²) < 4.78 is 2.22. The van der Waals surface area contributed by atoms with E-state index in [4.69, 9.17) is 0 Å². The van der Waals surface area contributed by atoms with Crippen molar-refractivity contribution in [2.45, 2.75) is 52.4 Å². The first-order chi connectivity index (χ1) is 17.4. The molecule has 1 aromatic heterocycles. The first kappa shape index (κ1) is 23.4. The highest BCUT2D eigenvalue weighted by Gasteiger charge is 2.30. The van der Waals surface area contributed by atoms with Crippen LogP contribution in [0.3, 0.4) is 0 Å². The van der Waals surface area contributed by atoms with E-state index in [1.165, 1.54) is 21.9 Å². The van der Waals surface area contributed by atoms with Crippen molar-refractivity contribution in [3.63, 3.8) is 0 Å². The number of rotatable bonds is 1. The van der Waals surface area contributed by atoms with Crippen LogP contribution in [0.5, 0.6) is 0 Å². The predicted molar refractivity (Wildman–Crippen MR) is 151 cm³/mol. The highest BCUT2D eigenvalue weighted by atomic mass is 16.1. The predicted octanol–water partition coefficient (Wildman–Crippen LogP) is 8.15. The van der Waals surface area contributed by atoms with Gasteiger partial charge >= 0.3 is 0 Å². The molecule has 4 aromatic carbocycles. The number of aromatic nitrogens is 1. The molecule has 0 atom stereocenters. The first-order valence-electron chi connectivity index (χ1n) is 12.9. The number of benzene rings is 4. The van der Waals surface area contributed by atoms with E-state index in [0.29, 0.717) is 22.3 Å². The van der Waals surface area contributed by atoms with Crippen molar-refractivity contribution >= 4 is 33.4 Å². The molecule has 0 bridgehead atoms. The van der Waals surface area contributed by atoms with Crippen LogP contribution in [-0.4, -0.2) is 16.1 Å². The van der Waals surface area contributed by atoms with Crippen molar-refractivity contribution in [1.29, 1.82) is 0 Å². The van der Waals surface area contributed by atoms with E-state index >= 15 is 0 Å². The molecule has 0 unspecified atom stereocenters. The van der Waals surface area contributed by atoms with E-state index in [1.54, 1.807) is 18.2 Å². The van der Waals surface area contributed by atoms with Gasteiger partial charge < -0.3 is 4.57 Å². The van der Waals surface area contributed by atoms with Crippen LogP contribution in [0.15, 0.2) is 78.9 Å². The van der Waals surface area contributed by atoms with Crippen LogP contribution >= 0.6 is 0 Å². The van der Waals surface area contributed by atoms with Crippen molar-refractivity contribution in [1.82, 2.24) is 4.57 Å². The van der Waals surface area contributed by atoms with Crippen LogP contribution in [0.2, 0.25) is 0 Å². The van der Waals surface area contributed by atoms with Crippen molar-refractivity contribution in [2.24, 2.45) is 0 Å². The maximum absolute atomic E-state index is 13.5. The molecule has 1 aliphatic rings. The summed E-state index contributed by atoms with van der Waals surface area (Å²) >= 11 is 0. The molecule has 0 amide bonds. The normalized spacial score (nSPS) is 13.8. The molecule has 184 valence electrons. The van der Waals surface area contributed by atoms with Crippen LogP contribution in [0.1, 0.15) is 84.5 Å². The van der Waals surface area contributed by atoms with Gasteiger partial charge in [0.2, 0.25) is 0 Å². The molecule has 1 aliphatic carbocycles. The Morgan fingerprint density at radius 3 is 1.46 bits per heavy atom. The molecule has 6 rings (SSSR count). The number of hydrogen-bond donors (Lipinski definition) is 0. The van der Waals surface area contributed by atoms with E-state index < -0.39 is 0 Å². The van der Waals surface area contributed by atoms with Crippen molar-refractivity contribution in [3.05, 3.63) is 112 Å². The molecule has 0 aliphatic heterocycles. The van der Waals surface area contributed by atoms with Gasteiger partial charge in [-0.25, -0.2) is 0 Å². The Labute approximate surface area is 217 Å². The molecule has 0 N–H and O–H groups in total. The largest absolute Gasteiger partial charge is 0.309 e. The van der Waals surface area contributed by atoms with Gasteiger partial charge in [-0.15, -0.1) is 0 Å². The lowest BCUT2D eigenvalue weighted by Gasteiger charge is -2.20. The fourth-order valence-electron chi connectivity index (χ4n) is 5.46. The third-order valence-electron chi connectivity index (χ3n) is 7.66. The standard InChI is InChI=1S/C34H31NO2/c1-33(2,3)20-11-15-29-26(17-20)27-18-21(34(4,5)6)12-16-30(27)35(29)22-13-14-25-28(19-22)32(37)24-10-8-7-9-23(24)31(25)36/h7-19H,1-6H3. The molecule has 0 spiro atoms. The maximum atomic E-state index is 13.5. The molecule has 1 heterocycles. The number of hydrogen-bond acceptors (Lipinski definition) is 2. The molecule has 37 heavy (non-hydrogen) atoms. The summed E-state index contributed by atoms with van der Waals surface area (Å²) in [6, 6.07) is 26.2. The summed E-state index contributed by atoms with van der Waals surface area (Å²) in [6.07, 6.45) is 0. The quantitative estimate of drug-likeness (QED) is 0.236. The first-order valence-corrected chi connectivity index (χ1v) is 12.9. The second-order valence-electron chi connectivity index (χ2n) is 12.2. The molecule has 0 saturated carbocycles. The summed E-state index contributed by atoms with van der Waals surface area (Å²) in [5.41, 5.74) is 7.56. The fourth-order valence-corrected chi connectivity index (χ4v) is 5.46. The van der Waals surface area contributed by atoms with Crippen molar-refractivity contribution < 1.29 is 9.59 Å². The van der Waals surface area contributed by atoms with Gasteiger partial charge in [-0.2, -0.15) is 0 Å². The summed E-state index contributed by atoms with van der Waals surface area (Å²) in [6.45, 7) is 13.4. The second-order valence-corrected chi connectivity index (χ2v) is 12.2. The molecular formula is C34H31NO2. The summed E-state index contributed by atoms with van der Waals surface area (Å²) in [4.78, 5) is 26.6. The fraction of sp³-hybridized carbons (Fsp3) is 0.235. The molecule has 3 nitrogen and oxygen atoms in total. The molecule has 3 heteroatoms. The van der Waals surface area contributed by atoms with Gasteiger partial charge in [-0.1, -0.05) is 77.9 Å². The monoisotopic (exact) mass is 485 g/mol. The second kappa shape index (κ2) is 7.76. The molecule has 0 saturated heterocycles. The Morgan fingerprint density at radius 2 is 0.973 bits per heavy atom.